The van der Waals surface area contributed by atoms with Crippen molar-refractivity contribution in [1.29, 1.82) is 0 Å². The lowest BCUT2D eigenvalue weighted by atomic mass is 10.1. The molecule has 1 fully saturated rings. The SMILES string of the molecule is COc1ccc(F)c(C(=O)NCCS(=O)(=O)N2C[C@@H](C)O[C@H](C)C2)c1OC. The minimum Gasteiger partial charge on any atom is -0.493 e. The van der Waals surface area contributed by atoms with Crippen LogP contribution >= 0.6 is 0 Å². The Bertz CT molecular complexity index is 776. The quantitative estimate of drug-likeness (QED) is 0.729. The standard InChI is InChI=1S/C17H25FN2O6S/c1-11-9-20(10-12(2)26-11)27(22,23)8-7-19-17(21)15-13(18)5-6-14(24-3)16(15)25-4/h5-6,11-12H,7-10H2,1-4H3,(H,19,21)/t11-,12-/m1/s1. The lowest BCUT2D eigenvalue weighted by Gasteiger charge is -2.34. The highest BCUT2D eigenvalue weighted by Gasteiger charge is 2.31. The molecule has 1 saturated heterocycles. The van der Waals surface area contributed by atoms with E-state index in [1.165, 1.54) is 24.6 Å². The van der Waals surface area contributed by atoms with Crippen molar-refractivity contribution >= 4 is 15.9 Å². The maximum Gasteiger partial charge on any atom is 0.258 e. The molecule has 0 aromatic heterocycles. The summed E-state index contributed by atoms with van der Waals surface area (Å²) in [4.78, 5) is 12.4. The number of methoxy groups -OCH3 is 2. The molecule has 0 bridgehead atoms. The van der Waals surface area contributed by atoms with Gasteiger partial charge in [0.2, 0.25) is 10.0 Å². The number of amides is 1. The molecule has 2 atom stereocenters. The zero-order valence-corrected chi connectivity index (χ0v) is 16.6. The van der Waals surface area contributed by atoms with Gasteiger partial charge in [0.05, 0.1) is 32.2 Å². The van der Waals surface area contributed by atoms with Crippen molar-refractivity contribution < 1.29 is 31.8 Å². The number of benzene rings is 1. The van der Waals surface area contributed by atoms with Crippen molar-refractivity contribution in [2.45, 2.75) is 26.1 Å². The zero-order valence-electron chi connectivity index (χ0n) is 15.8. The Morgan fingerprint density at radius 3 is 2.44 bits per heavy atom. The monoisotopic (exact) mass is 404 g/mol. The highest BCUT2D eigenvalue weighted by molar-refractivity contribution is 7.89. The third-order valence-corrected chi connectivity index (χ3v) is 5.95. The maximum absolute atomic E-state index is 14.1. The van der Waals surface area contributed by atoms with Crippen molar-refractivity contribution in [3.05, 3.63) is 23.5 Å². The van der Waals surface area contributed by atoms with Gasteiger partial charge < -0.3 is 19.5 Å². The zero-order chi connectivity index (χ0) is 20.2. The molecule has 8 nitrogen and oxygen atoms in total. The lowest BCUT2D eigenvalue weighted by molar-refractivity contribution is -0.0440. The van der Waals surface area contributed by atoms with Gasteiger partial charge in [0.1, 0.15) is 11.4 Å². The number of carbonyl (C=O) groups excluding carboxylic acids is 1. The molecular weight excluding hydrogens is 379 g/mol. The van der Waals surface area contributed by atoms with E-state index < -0.39 is 21.7 Å². The summed E-state index contributed by atoms with van der Waals surface area (Å²) in [6, 6.07) is 2.43. The first-order valence-electron chi connectivity index (χ1n) is 8.51. The van der Waals surface area contributed by atoms with Crippen LogP contribution in [-0.4, -0.2) is 70.4 Å². The molecule has 0 unspecified atom stereocenters. The molecule has 0 radical (unpaired) electrons. The predicted molar refractivity (Wildman–Crippen MR) is 97.2 cm³/mol. The van der Waals surface area contributed by atoms with Gasteiger partial charge >= 0.3 is 0 Å². The Balaban J connectivity index is 2.04. The number of sulfonamides is 1. The molecule has 27 heavy (non-hydrogen) atoms. The van der Waals surface area contributed by atoms with Crippen LogP contribution in [0.15, 0.2) is 12.1 Å². The summed E-state index contributed by atoms with van der Waals surface area (Å²) in [6.45, 7) is 3.97. The topological polar surface area (TPSA) is 94.2 Å². The van der Waals surface area contributed by atoms with Gasteiger partial charge in [-0.25, -0.2) is 12.8 Å². The van der Waals surface area contributed by atoms with Gasteiger partial charge in [0.15, 0.2) is 11.5 Å². The molecule has 1 N–H and O–H groups in total. The van der Waals surface area contributed by atoms with Gasteiger partial charge in [-0.1, -0.05) is 0 Å². The van der Waals surface area contributed by atoms with Crippen LogP contribution in [0.1, 0.15) is 24.2 Å². The fraction of sp³-hybridized carbons (Fsp3) is 0.588. The van der Waals surface area contributed by atoms with Gasteiger partial charge in [0.25, 0.3) is 5.91 Å². The van der Waals surface area contributed by atoms with E-state index in [1.807, 2.05) is 0 Å². The molecule has 1 heterocycles. The second-order valence-corrected chi connectivity index (χ2v) is 8.39. The molecule has 0 spiro atoms. The van der Waals surface area contributed by atoms with Crippen molar-refractivity contribution in [3.8, 4) is 11.5 Å². The fourth-order valence-corrected chi connectivity index (χ4v) is 4.48. The number of carbonyl (C=O) groups is 1. The number of halogens is 1. The Morgan fingerprint density at radius 2 is 1.89 bits per heavy atom. The van der Waals surface area contributed by atoms with E-state index in [-0.39, 0.29) is 54.7 Å². The fourth-order valence-electron chi connectivity index (χ4n) is 2.98. The molecular formula is C17H25FN2O6S. The first-order valence-corrected chi connectivity index (χ1v) is 10.1. The van der Waals surface area contributed by atoms with Crippen LogP contribution in [-0.2, 0) is 14.8 Å². The molecule has 1 aliphatic heterocycles. The molecule has 1 aromatic carbocycles. The van der Waals surface area contributed by atoms with Gasteiger partial charge in [-0.15, -0.1) is 0 Å². The number of nitrogens with one attached hydrogen (secondary N) is 1. The number of hydrogen-bond acceptors (Lipinski definition) is 6. The Hall–Kier alpha value is -1.91. The molecule has 1 aromatic rings. The van der Waals surface area contributed by atoms with E-state index in [1.54, 1.807) is 13.8 Å². The van der Waals surface area contributed by atoms with E-state index >= 15 is 0 Å². The van der Waals surface area contributed by atoms with E-state index in [4.69, 9.17) is 14.2 Å². The molecule has 152 valence electrons. The molecule has 1 aliphatic rings. The first-order chi connectivity index (χ1) is 12.7. The number of ether oxygens (including phenoxy) is 3. The van der Waals surface area contributed by atoms with Crippen molar-refractivity contribution in [2.24, 2.45) is 0 Å². The van der Waals surface area contributed by atoms with Crippen molar-refractivity contribution in [2.75, 3.05) is 39.6 Å². The number of nitrogens with zero attached hydrogens (tertiary/aromatic N) is 1. The summed E-state index contributed by atoms with van der Waals surface area (Å²) >= 11 is 0. The van der Waals surface area contributed by atoms with Crippen molar-refractivity contribution in [3.63, 3.8) is 0 Å². The van der Waals surface area contributed by atoms with E-state index in [0.29, 0.717) is 0 Å². The normalized spacial score (nSPS) is 20.9. The van der Waals surface area contributed by atoms with E-state index in [9.17, 15) is 17.6 Å². The lowest BCUT2D eigenvalue weighted by Crippen LogP contribution is -2.49. The number of hydrogen-bond donors (Lipinski definition) is 1. The van der Waals surface area contributed by atoms with Crippen LogP contribution in [0.25, 0.3) is 0 Å². The Kier molecular flexibility index (Phi) is 7.01. The van der Waals surface area contributed by atoms with E-state index in [2.05, 4.69) is 5.32 Å². The summed E-state index contributed by atoms with van der Waals surface area (Å²) in [5, 5.41) is 2.43. The molecule has 2 rings (SSSR count). The minimum absolute atomic E-state index is 0.0475. The minimum atomic E-state index is -3.58. The Labute approximate surface area is 158 Å². The maximum atomic E-state index is 14.1. The van der Waals surface area contributed by atoms with Gasteiger partial charge in [-0.05, 0) is 26.0 Å². The van der Waals surface area contributed by atoms with Crippen LogP contribution in [0.4, 0.5) is 4.39 Å². The smallest absolute Gasteiger partial charge is 0.258 e. The Morgan fingerprint density at radius 1 is 1.26 bits per heavy atom. The van der Waals surface area contributed by atoms with E-state index in [0.717, 1.165) is 6.07 Å². The van der Waals surface area contributed by atoms with Crippen LogP contribution in [0.2, 0.25) is 0 Å². The van der Waals surface area contributed by atoms with Crippen LogP contribution in [0, 0.1) is 5.82 Å². The van der Waals surface area contributed by atoms with Gasteiger partial charge in [-0.2, -0.15) is 4.31 Å². The summed E-state index contributed by atoms with van der Waals surface area (Å²) in [5.41, 5.74) is -0.331. The van der Waals surface area contributed by atoms with Gasteiger partial charge in [0, 0.05) is 19.6 Å². The third kappa shape index (κ3) is 5.08. The third-order valence-electron chi connectivity index (χ3n) is 4.15. The number of morpholine rings is 1. The predicted octanol–water partition coefficient (Wildman–Crippen LogP) is 1.01. The second-order valence-electron chi connectivity index (χ2n) is 6.30. The van der Waals surface area contributed by atoms with Gasteiger partial charge in [-0.3, -0.25) is 4.79 Å². The summed E-state index contributed by atoms with van der Waals surface area (Å²) < 4.78 is 56.1. The highest BCUT2D eigenvalue weighted by Crippen LogP contribution is 2.32. The average molecular weight is 404 g/mol. The number of rotatable bonds is 7. The largest absolute Gasteiger partial charge is 0.493 e. The van der Waals surface area contributed by atoms with Crippen molar-refractivity contribution in [1.82, 2.24) is 9.62 Å². The molecule has 10 heteroatoms. The van der Waals surface area contributed by atoms with Crippen LogP contribution in [0.5, 0.6) is 11.5 Å². The summed E-state index contributed by atoms with van der Waals surface area (Å²) in [6.07, 6.45) is -0.401. The molecule has 0 aliphatic carbocycles. The van der Waals surface area contributed by atoms with Crippen LogP contribution < -0.4 is 14.8 Å². The van der Waals surface area contributed by atoms with Crippen LogP contribution in [0.3, 0.4) is 0 Å². The average Bonchev–Trinajstić information content (AvgIpc) is 2.60. The molecule has 1 amide bonds. The highest BCUT2D eigenvalue weighted by atomic mass is 32.2. The molecule has 0 saturated carbocycles. The first kappa shape index (κ1) is 21.4. The second kappa shape index (κ2) is 8.85. The summed E-state index contributed by atoms with van der Waals surface area (Å²) in [7, 11) is -0.916. The summed E-state index contributed by atoms with van der Waals surface area (Å²) in [5.74, 6) is -1.71.